The van der Waals surface area contributed by atoms with E-state index in [0.717, 1.165) is 6.61 Å². The van der Waals surface area contributed by atoms with Gasteiger partial charge in [-0.25, -0.2) is 4.79 Å². The van der Waals surface area contributed by atoms with Gasteiger partial charge in [-0.1, -0.05) is 6.58 Å². The molecule has 0 aromatic rings. The van der Waals surface area contributed by atoms with E-state index in [4.69, 9.17) is 14.2 Å². The number of carbonyl (C=O) groups is 1. The van der Waals surface area contributed by atoms with Crippen LogP contribution in [0.4, 0.5) is 0 Å². The molecule has 1 aliphatic heterocycles. The Morgan fingerprint density at radius 3 is 2.87 bits per heavy atom. The summed E-state index contributed by atoms with van der Waals surface area (Å²) in [5, 5.41) is 9.34. The van der Waals surface area contributed by atoms with E-state index >= 15 is 0 Å². The first kappa shape index (κ1) is 12.2. The van der Waals surface area contributed by atoms with Crippen molar-refractivity contribution < 1.29 is 24.1 Å². The first-order chi connectivity index (χ1) is 7.09. The van der Waals surface area contributed by atoms with Crippen LogP contribution >= 0.6 is 0 Å². The van der Waals surface area contributed by atoms with Gasteiger partial charge in [0.25, 0.3) is 0 Å². The molecule has 0 aromatic carbocycles. The molecule has 1 saturated heterocycles. The molecular formula is C10H16O5. The minimum atomic E-state index is -0.799. The van der Waals surface area contributed by atoms with Gasteiger partial charge in [0.1, 0.15) is 18.8 Å². The predicted octanol–water partition coefficient (Wildman–Crippen LogP) is -0.118. The van der Waals surface area contributed by atoms with Gasteiger partial charge in [0, 0.05) is 5.57 Å². The summed E-state index contributed by atoms with van der Waals surface area (Å²) in [4.78, 5) is 10.9. The van der Waals surface area contributed by atoms with Gasteiger partial charge >= 0.3 is 5.97 Å². The summed E-state index contributed by atoms with van der Waals surface area (Å²) in [6.07, 6.45) is -0.623. The van der Waals surface area contributed by atoms with Crippen molar-refractivity contribution in [2.45, 2.75) is 19.1 Å². The molecule has 0 amide bonds. The Hall–Kier alpha value is -0.910. The molecule has 2 unspecified atom stereocenters. The van der Waals surface area contributed by atoms with Crippen LogP contribution in [0.1, 0.15) is 6.92 Å². The summed E-state index contributed by atoms with van der Waals surface area (Å²) in [5.74, 6) is -0.500. The van der Waals surface area contributed by atoms with Gasteiger partial charge in [0.2, 0.25) is 0 Å². The van der Waals surface area contributed by atoms with Crippen LogP contribution in [0.25, 0.3) is 0 Å². The van der Waals surface area contributed by atoms with Crippen molar-refractivity contribution in [3.05, 3.63) is 12.2 Å². The summed E-state index contributed by atoms with van der Waals surface area (Å²) in [5.41, 5.74) is 0.314. The lowest BCUT2D eigenvalue weighted by Crippen LogP contribution is -2.24. The van der Waals surface area contributed by atoms with E-state index in [1.807, 2.05) is 0 Å². The molecule has 5 nitrogen and oxygen atoms in total. The topological polar surface area (TPSA) is 68.3 Å². The number of hydrogen-bond donors (Lipinski definition) is 1. The average molecular weight is 216 g/mol. The molecule has 1 N–H and O–H groups in total. The van der Waals surface area contributed by atoms with Gasteiger partial charge in [0.05, 0.1) is 19.8 Å². The minimum absolute atomic E-state index is 0.0722. The maximum atomic E-state index is 10.9. The van der Waals surface area contributed by atoms with Crippen LogP contribution in [0.15, 0.2) is 12.2 Å². The monoisotopic (exact) mass is 216 g/mol. The fourth-order valence-electron chi connectivity index (χ4n) is 0.843. The zero-order valence-electron chi connectivity index (χ0n) is 8.77. The second kappa shape index (κ2) is 5.85. The fourth-order valence-corrected chi connectivity index (χ4v) is 0.843. The summed E-state index contributed by atoms with van der Waals surface area (Å²) in [7, 11) is 0. The van der Waals surface area contributed by atoms with E-state index in [2.05, 4.69) is 6.58 Å². The molecule has 1 aliphatic rings. The quantitative estimate of drug-likeness (QED) is 0.365. The van der Waals surface area contributed by atoms with E-state index in [0.29, 0.717) is 12.2 Å². The highest BCUT2D eigenvalue weighted by Crippen LogP contribution is 2.08. The van der Waals surface area contributed by atoms with Crippen molar-refractivity contribution in [2.24, 2.45) is 0 Å². The second-order valence-electron chi connectivity index (χ2n) is 3.53. The van der Waals surface area contributed by atoms with E-state index in [1.165, 1.54) is 0 Å². The Morgan fingerprint density at radius 1 is 1.67 bits per heavy atom. The van der Waals surface area contributed by atoms with Crippen molar-refractivity contribution in [3.8, 4) is 0 Å². The van der Waals surface area contributed by atoms with Crippen LogP contribution in [-0.2, 0) is 19.0 Å². The standard InChI is InChI=1S/C10H16O5/c1-7(2)10(12)15-4-8(11)3-13-5-9-6-14-9/h8-9,11H,1,3-6H2,2H3. The highest BCUT2D eigenvalue weighted by atomic mass is 16.6. The number of aliphatic hydroxyl groups excluding tert-OH is 1. The van der Waals surface area contributed by atoms with E-state index in [9.17, 15) is 9.90 Å². The second-order valence-corrected chi connectivity index (χ2v) is 3.53. The van der Waals surface area contributed by atoms with Gasteiger partial charge in [-0.15, -0.1) is 0 Å². The Balaban J connectivity index is 1.99. The van der Waals surface area contributed by atoms with Crippen LogP contribution in [0.5, 0.6) is 0 Å². The van der Waals surface area contributed by atoms with Crippen LogP contribution < -0.4 is 0 Å². The number of ether oxygens (including phenoxy) is 3. The molecule has 0 aromatic heterocycles. The molecule has 0 saturated carbocycles. The molecule has 86 valence electrons. The Kier molecular flexibility index (Phi) is 4.74. The maximum absolute atomic E-state index is 10.9. The van der Waals surface area contributed by atoms with Crippen molar-refractivity contribution in [1.29, 1.82) is 0 Å². The number of carbonyl (C=O) groups excluding carboxylic acids is 1. The van der Waals surface area contributed by atoms with E-state index < -0.39 is 12.1 Å². The first-order valence-electron chi connectivity index (χ1n) is 4.79. The molecule has 1 rings (SSSR count). The van der Waals surface area contributed by atoms with Gasteiger partial charge < -0.3 is 19.3 Å². The number of epoxide rings is 1. The Labute approximate surface area is 88.6 Å². The van der Waals surface area contributed by atoms with Crippen molar-refractivity contribution >= 4 is 5.97 Å². The van der Waals surface area contributed by atoms with Crippen LogP contribution in [0.3, 0.4) is 0 Å². The molecule has 1 heterocycles. The molecule has 0 aliphatic carbocycles. The van der Waals surface area contributed by atoms with Gasteiger partial charge in [0.15, 0.2) is 0 Å². The lowest BCUT2D eigenvalue weighted by atomic mass is 10.3. The van der Waals surface area contributed by atoms with Crippen LogP contribution in [-0.4, -0.2) is 49.7 Å². The first-order valence-corrected chi connectivity index (χ1v) is 4.79. The average Bonchev–Trinajstić information content (AvgIpc) is 2.97. The summed E-state index contributed by atoms with van der Waals surface area (Å²) in [6, 6.07) is 0. The zero-order chi connectivity index (χ0) is 11.3. The number of esters is 1. The van der Waals surface area contributed by atoms with Gasteiger partial charge in [-0.05, 0) is 6.92 Å². The number of hydrogen-bond acceptors (Lipinski definition) is 5. The molecule has 2 atom stereocenters. The Morgan fingerprint density at radius 2 is 2.33 bits per heavy atom. The lowest BCUT2D eigenvalue weighted by molar-refractivity contribution is -0.143. The molecular weight excluding hydrogens is 200 g/mol. The van der Waals surface area contributed by atoms with E-state index in [1.54, 1.807) is 6.92 Å². The maximum Gasteiger partial charge on any atom is 0.333 e. The zero-order valence-corrected chi connectivity index (χ0v) is 8.77. The van der Waals surface area contributed by atoms with Crippen molar-refractivity contribution in [3.63, 3.8) is 0 Å². The third-order valence-electron chi connectivity index (χ3n) is 1.77. The molecule has 0 radical (unpaired) electrons. The summed E-state index contributed by atoms with van der Waals surface area (Å²) >= 11 is 0. The Bertz CT molecular complexity index is 234. The SMILES string of the molecule is C=C(C)C(=O)OCC(O)COCC1CO1. The van der Waals surface area contributed by atoms with Crippen molar-refractivity contribution in [2.75, 3.05) is 26.4 Å². The fraction of sp³-hybridized carbons (Fsp3) is 0.700. The van der Waals surface area contributed by atoms with Gasteiger partial charge in [-0.2, -0.15) is 0 Å². The predicted molar refractivity (Wildman–Crippen MR) is 52.3 cm³/mol. The highest BCUT2D eigenvalue weighted by Gasteiger charge is 2.22. The van der Waals surface area contributed by atoms with Crippen molar-refractivity contribution in [1.82, 2.24) is 0 Å². The third-order valence-corrected chi connectivity index (χ3v) is 1.77. The highest BCUT2D eigenvalue weighted by molar-refractivity contribution is 5.86. The number of aliphatic hydroxyl groups is 1. The van der Waals surface area contributed by atoms with Gasteiger partial charge in [-0.3, -0.25) is 0 Å². The third kappa shape index (κ3) is 5.51. The molecule has 0 bridgehead atoms. The lowest BCUT2D eigenvalue weighted by Gasteiger charge is -2.11. The summed E-state index contributed by atoms with van der Waals surface area (Å²) < 4.78 is 14.8. The smallest absolute Gasteiger partial charge is 0.333 e. The number of rotatable bonds is 7. The summed E-state index contributed by atoms with van der Waals surface area (Å²) in [6.45, 7) is 6.24. The molecule has 5 heteroatoms. The molecule has 15 heavy (non-hydrogen) atoms. The molecule has 0 spiro atoms. The largest absolute Gasteiger partial charge is 0.460 e. The van der Waals surface area contributed by atoms with Crippen LogP contribution in [0, 0.1) is 0 Å². The van der Waals surface area contributed by atoms with E-state index in [-0.39, 0.29) is 19.3 Å². The minimum Gasteiger partial charge on any atom is -0.460 e. The van der Waals surface area contributed by atoms with Crippen LogP contribution in [0.2, 0.25) is 0 Å². The molecule has 1 fully saturated rings. The normalized spacial score (nSPS) is 20.8.